The lowest BCUT2D eigenvalue weighted by atomic mass is 9.97. The topological polar surface area (TPSA) is 127 Å². The zero-order chi connectivity index (χ0) is 29.0. The quantitative estimate of drug-likeness (QED) is 0.189. The van der Waals surface area contributed by atoms with Gasteiger partial charge in [-0.2, -0.15) is 22.0 Å². The number of hydrogen-bond acceptors (Lipinski definition) is 7. The minimum Gasteiger partial charge on any atom is -0.457 e. The highest BCUT2D eigenvalue weighted by Crippen LogP contribution is 2.35. The number of amides is 1. The monoisotopic (exact) mass is 580 g/mol. The van der Waals surface area contributed by atoms with Crippen molar-refractivity contribution in [3.8, 4) is 11.1 Å². The smallest absolute Gasteiger partial charge is 0.456 e. The molecule has 3 rings (SSSR count). The Morgan fingerprint density at radius 3 is 2.36 bits per heavy atom. The van der Waals surface area contributed by atoms with E-state index < -0.39 is 55.0 Å². The fourth-order valence-corrected chi connectivity index (χ4v) is 3.51. The van der Waals surface area contributed by atoms with Gasteiger partial charge in [0.05, 0.1) is 6.20 Å². The second-order valence-corrected chi connectivity index (χ2v) is 8.72. The van der Waals surface area contributed by atoms with E-state index in [-0.39, 0.29) is 22.5 Å². The van der Waals surface area contributed by atoms with Gasteiger partial charge >= 0.3 is 18.1 Å². The molecular formula is C23H19ClF6N4O5. The number of carbonyl (C=O) groups is 2. The molecule has 0 bridgehead atoms. The molecule has 0 aliphatic heterocycles. The van der Waals surface area contributed by atoms with Gasteiger partial charge in [-0.15, -0.1) is 5.10 Å². The second kappa shape index (κ2) is 11.9. The van der Waals surface area contributed by atoms with E-state index in [1.165, 1.54) is 42.5 Å². The molecule has 1 heterocycles. The van der Waals surface area contributed by atoms with Crippen LogP contribution in [0.5, 0.6) is 0 Å². The summed E-state index contributed by atoms with van der Waals surface area (Å²) < 4.78 is 81.2. The maximum Gasteiger partial charge on any atom is 0.456 e. The Morgan fingerprint density at radius 2 is 1.77 bits per heavy atom. The number of aliphatic hydroxyl groups excluding tert-OH is 1. The van der Waals surface area contributed by atoms with Crippen LogP contribution in [0.4, 0.5) is 26.3 Å². The normalized spacial score (nSPS) is 13.5. The summed E-state index contributed by atoms with van der Waals surface area (Å²) in [5, 5.41) is 28.6. The first-order chi connectivity index (χ1) is 18.2. The van der Waals surface area contributed by atoms with Gasteiger partial charge in [-0.1, -0.05) is 40.7 Å². The van der Waals surface area contributed by atoms with E-state index in [1.807, 2.05) is 0 Å². The maximum absolute atomic E-state index is 14.2. The zero-order valence-corrected chi connectivity index (χ0v) is 20.3. The molecule has 1 aromatic heterocycles. The van der Waals surface area contributed by atoms with Crippen LogP contribution in [-0.2, 0) is 16.0 Å². The number of aromatic nitrogens is 3. The molecule has 39 heavy (non-hydrogen) atoms. The van der Waals surface area contributed by atoms with Gasteiger partial charge in [-0.3, -0.25) is 4.79 Å². The van der Waals surface area contributed by atoms with E-state index in [2.05, 4.69) is 20.4 Å². The molecule has 3 N–H and O–H groups in total. The lowest BCUT2D eigenvalue weighted by Gasteiger charge is -2.23. The highest BCUT2D eigenvalue weighted by atomic mass is 35.5. The Labute approximate surface area is 220 Å². The number of rotatable bonds is 10. The first kappa shape index (κ1) is 29.7. The van der Waals surface area contributed by atoms with Gasteiger partial charge in [-0.05, 0) is 41.0 Å². The van der Waals surface area contributed by atoms with Gasteiger partial charge in [0.25, 0.3) is 5.91 Å². The molecule has 0 radical (unpaired) electrons. The molecular weight excluding hydrogens is 562 g/mol. The van der Waals surface area contributed by atoms with Crippen molar-refractivity contribution in [2.75, 3.05) is 6.61 Å². The summed E-state index contributed by atoms with van der Waals surface area (Å²) in [7, 11) is 0. The number of esters is 1. The average molecular weight is 581 g/mol. The van der Waals surface area contributed by atoms with E-state index in [0.717, 1.165) is 6.20 Å². The number of benzene rings is 2. The van der Waals surface area contributed by atoms with Crippen LogP contribution < -0.4 is 5.32 Å². The molecule has 0 aliphatic carbocycles. The van der Waals surface area contributed by atoms with E-state index >= 15 is 0 Å². The van der Waals surface area contributed by atoms with Crippen LogP contribution in [0.15, 0.2) is 48.7 Å². The molecule has 3 aromatic rings. The number of alkyl halides is 5. The SMILES string of the molecule is O=C(N[C@H](Cc1ccc(-c2cc(Cl)ccc2F)cc1)C[C@@H](O)C(=O)OCC(F)(F)C(F)(F)F)c1cn(O)nn1. The molecule has 16 heteroatoms. The lowest BCUT2D eigenvalue weighted by molar-refractivity contribution is -0.294. The van der Waals surface area contributed by atoms with Gasteiger partial charge in [-0.25, -0.2) is 9.18 Å². The summed E-state index contributed by atoms with van der Waals surface area (Å²) in [4.78, 5) is 24.6. The van der Waals surface area contributed by atoms with Crippen molar-refractivity contribution in [1.29, 1.82) is 0 Å². The third-order valence-electron chi connectivity index (χ3n) is 5.32. The number of halogens is 7. The van der Waals surface area contributed by atoms with Crippen molar-refractivity contribution >= 4 is 23.5 Å². The zero-order valence-electron chi connectivity index (χ0n) is 19.5. The third kappa shape index (κ3) is 7.83. The molecule has 0 spiro atoms. The van der Waals surface area contributed by atoms with Crippen molar-refractivity contribution in [2.45, 2.75) is 37.1 Å². The number of hydrogen-bond donors (Lipinski definition) is 3. The minimum atomic E-state index is -5.97. The summed E-state index contributed by atoms with van der Waals surface area (Å²) in [5.74, 6) is -8.56. The Balaban J connectivity index is 1.75. The standard InChI is InChI=1S/C23H19ClF6N4O5/c24-14-5-6-17(25)16(8-14)13-3-1-12(2-4-13)7-15(31-20(36)18-10-34(38)33-32-18)9-19(35)21(37)39-11-22(26,27)23(28,29)30/h1-6,8,10,15,19,35,38H,7,9,11H2,(H,31,36)/t15-,19-/m1/s1. The average Bonchev–Trinajstić information content (AvgIpc) is 3.30. The molecule has 0 aliphatic rings. The maximum atomic E-state index is 14.2. The molecule has 9 nitrogen and oxygen atoms in total. The minimum absolute atomic E-state index is 0.0969. The first-order valence-electron chi connectivity index (χ1n) is 10.9. The van der Waals surface area contributed by atoms with Crippen LogP contribution in [0.3, 0.4) is 0 Å². The molecule has 1 amide bonds. The highest BCUT2D eigenvalue weighted by molar-refractivity contribution is 6.30. The van der Waals surface area contributed by atoms with Crippen LogP contribution in [0.25, 0.3) is 11.1 Å². The van der Waals surface area contributed by atoms with Crippen molar-refractivity contribution in [2.24, 2.45) is 0 Å². The van der Waals surface area contributed by atoms with E-state index in [1.54, 1.807) is 0 Å². The van der Waals surface area contributed by atoms with Crippen LogP contribution in [0.1, 0.15) is 22.5 Å². The molecule has 0 unspecified atom stereocenters. The van der Waals surface area contributed by atoms with Gasteiger partial charge < -0.3 is 20.4 Å². The Hall–Kier alpha value is -3.85. The Morgan fingerprint density at radius 1 is 1.10 bits per heavy atom. The van der Waals surface area contributed by atoms with Crippen molar-refractivity contribution in [1.82, 2.24) is 20.5 Å². The fourth-order valence-electron chi connectivity index (χ4n) is 3.34. The molecule has 2 atom stereocenters. The van der Waals surface area contributed by atoms with Gasteiger partial charge in [0.1, 0.15) is 5.82 Å². The molecule has 210 valence electrons. The number of carbonyl (C=O) groups excluding carboxylic acids is 2. The lowest BCUT2D eigenvalue weighted by Crippen LogP contribution is -2.44. The van der Waals surface area contributed by atoms with Crippen LogP contribution in [0, 0.1) is 5.82 Å². The first-order valence-corrected chi connectivity index (χ1v) is 11.3. The molecule has 2 aromatic carbocycles. The van der Waals surface area contributed by atoms with E-state index in [4.69, 9.17) is 11.6 Å². The number of nitrogens with one attached hydrogen (secondary N) is 1. The Kier molecular flexibility index (Phi) is 9.07. The largest absolute Gasteiger partial charge is 0.457 e. The van der Waals surface area contributed by atoms with Crippen LogP contribution >= 0.6 is 11.6 Å². The van der Waals surface area contributed by atoms with Crippen molar-refractivity contribution < 1.29 is 51.0 Å². The van der Waals surface area contributed by atoms with Crippen LogP contribution in [-0.4, -0.2) is 68.2 Å². The predicted molar refractivity (Wildman–Crippen MR) is 122 cm³/mol. The van der Waals surface area contributed by atoms with E-state index in [9.17, 15) is 46.2 Å². The summed E-state index contributed by atoms with van der Waals surface area (Å²) in [5.41, 5.74) is 0.783. The van der Waals surface area contributed by atoms with Crippen LogP contribution in [0.2, 0.25) is 5.02 Å². The number of nitrogens with zero attached hydrogens (tertiary/aromatic N) is 3. The molecule has 0 fully saturated rings. The Bertz CT molecular complexity index is 1320. The number of aliphatic hydroxyl groups is 1. The summed E-state index contributed by atoms with van der Waals surface area (Å²) in [6.07, 6.45) is -8.10. The van der Waals surface area contributed by atoms with Gasteiger partial charge in [0, 0.05) is 23.0 Å². The fraction of sp³-hybridized carbons (Fsp3) is 0.304. The van der Waals surface area contributed by atoms with Crippen molar-refractivity contribution in [3.63, 3.8) is 0 Å². The predicted octanol–water partition coefficient (Wildman–Crippen LogP) is 3.81. The highest BCUT2D eigenvalue weighted by Gasteiger charge is 2.58. The number of ether oxygens (including phenoxy) is 1. The second-order valence-electron chi connectivity index (χ2n) is 8.28. The third-order valence-corrected chi connectivity index (χ3v) is 5.55. The molecule has 0 saturated heterocycles. The van der Waals surface area contributed by atoms with Gasteiger partial charge in [0.15, 0.2) is 18.4 Å². The summed E-state index contributed by atoms with van der Waals surface area (Å²) in [6.45, 7) is -2.34. The summed E-state index contributed by atoms with van der Waals surface area (Å²) >= 11 is 5.92. The molecule has 0 saturated carbocycles. The van der Waals surface area contributed by atoms with E-state index in [0.29, 0.717) is 16.1 Å². The van der Waals surface area contributed by atoms with Gasteiger partial charge in [0.2, 0.25) is 0 Å². The summed E-state index contributed by atoms with van der Waals surface area (Å²) in [6, 6.07) is 8.98. The van der Waals surface area contributed by atoms with Crippen molar-refractivity contribution in [3.05, 3.63) is 70.8 Å².